The standard InChI is InChI=1S/C20H24N4O3/c1-14-12-15(7-8-17(14)27-16-6-5-11-22-13-16)23-18(25)20(24-19(21)26)9-3-2-4-10-20/h5-8,11-13H,2-4,9-10H2,1H3,(H,23,25)(H3,21,24,26). The second kappa shape index (κ2) is 8.07. The van der Waals surface area contributed by atoms with Crippen LogP contribution in [0.4, 0.5) is 10.5 Å². The molecule has 1 aromatic heterocycles. The first kappa shape index (κ1) is 18.7. The van der Waals surface area contributed by atoms with Gasteiger partial charge in [-0.25, -0.2) is 4.79 Å². The van der Waals surface area contributed by atoms with Crippen molar-refractivity contribution in [1.29, 1.82) is 0 Å². The van der Waals surface area contributed by atoms with E-state index in [2.05, 4.69) is 15.6 Å². The van der Waals surface area contributed by atoms with E-state index in [0.717, 1.165) is 24.8 Å². The zero-order chi connectivity index (χ0) is 19.3. The number of aromatic nitrogens is 1. The molecule has 7 heteroatoms. The summed E-state index contributed by atoms with van der Waals surface area (Å²) in [6.07, 6.45) is 7.30. The van der Waals surface area contributed by atoms with Crippen molar-refractivity contribution in [1.82, 2.24) is 10.3 Å². The first-order valence-corrected chi connectivity index (χ1v) is 9.06. The number of carbonyl (C=O) groups is 2. The fourth-order valence-electron chi connectivity index (χ4n) is 3.43. The zero-order valence-electron chi connectivity index (χ0n) is 15.3. The molecule has 0 saturated heterocycles. The molecule has 1 aromatic carbocycles. The minimum Gasteiger partial charge on any atom is -0.455 e. The molecule has 0 atom stereocenters. The summed E-state index contributed by atoms with van der Waals surface area (Å²) in [5, 5.41) is 5.58. The van der Waals surface area contributed by atoms with Gasteiger partial charge < -0.3 is 21.1 Å². The molecule has 3 rings (SSSR count). The lowest BCUT2D eigenvalue weighted by molar-refractivity contribution is -0.123. The Morgan fingerprint density at radius 1 is 1.19 bits per heavy atom. The Balaban J connectivity index is 1.73. The maximum atomic E-state index is 12.9. The summed E-state index contributed by atoms with van der Waals surface area (Å²) in [7, 11) is 0. The van der Waals surface area contributed by atoms with Gasteiger partial charge in [-0.05, 0) is 55.7 Å². The molecule has 27 heavy (non-hydrogen) atoms. The zero-order valence-corrected chi connectivity index (χ0v) is 15.3. The molecule has 0 unspecified atom stereocenters. The van der Waals surface area contributed by atoms with Crippen LogP contribution in [0, 0.1) is 6.92 Å². The monoisotopic (exact) mass is 368 g/mol. The van der Waals surface area contributed by atoms with Crippen LogP contribution < -0.4 is 21.1 Å². The van der Waals surface area contributed by atoms with Crippen LogP contribution in [0.5, 0.6) is 11.5 Å². The molecule has 0 radical (unpaired) electrons. The van der Waals surface area contributed by atoms with Crippen LogP contribution in [0.15, 0.2) is 42.7 Å². The van der Waals surface area contributed by atoms with Gasteiger partial charge in [-0.15, -0.1) is 0 Å². The van der Waals surface area contributed by atoms with E-state index in [0.29, 0.717) is 30.0 Å². The van der Waals surface area contributed by atoms with Crippen LogP contribution in [-0.2, 0) is 4.79 Å². The van der Waals surface area contributed by atoms with E-state index in [-0.39, 0.29) is 5.91 Å². The average Bonchev–Trinajstić information content (AvgIpc) is 2.65. The van der Waals surface area contributed by atoms with E-state index < -0.39 is 11.6 Å². The van der Waals surface area contributed by atoms with E-state index in [4.69, 9.17) is 10.5 Å². The molecule has 4 N–H and O–H groups in total. The number of pyridine rings is 1. The van der Waals surface area contributed by atoms with Crippen LogP contribution in [-0.4, -0.2) is 22.5 Å². The topological polar surface area (TPSA) is 106 Å². The van der Waals surface area contributed by atoms with E-state index in [1.807, 2.05) is 19.1 Å². The molecule has 7 nitrogen and oxygen atoms in total. The van der Waals surface area contributed by atoms with E-state index in [9.17, 15) is 9.59 Å². The molecule has 3 amide bonds. The van der Waals surface area contributed by atoms with Crippen molar-refractivity contribution in [2.24, 2.45) is 5.73 Å². The summed E-state index contributed by atoms with van der Waals surface area (Å²) in [6, 6.07) is 8.36. The molecule has 1 saturated carbocycles. The Morgan fingerprint density at radius 3 is 2.59 bits per heavy atom. The molecule has 1 fully saturated rings. The lowest BCUT2D eigenvalue weighted by Gasteiger charge is -2.36. The third-order valence-electron chi connectivity index (χ3n) is 4.80. The smallest absolute Gasteiger partial charge is 0.313 e. The average molecular weight is 368 g/mol. The lowest BCUT2D eigenvalue weighted by atomic mass is 9.81. The second-order valence-corrected chi connectivity index (χ2v) is 6.86. The number of nitrogens with two attached hydrogens (primary N) is 1. The highest BCUT2D eigenvalue weighted by Crippen LogP contribution is 2.31. The Hall–Kier alpha value is -3.09. The summed E-state index contributed by atoms with van der Waals surface area (Å²) in [4.78, 5) is 28.3. The Bertz CT molecular complexity index is 817. The van der Waals surface area contributed by atoms with Crippen LogP contribution in [0.2, 0.25) is 0 Å². The number of hydrogen-bond donors (Lipinski definition) is 3. The molecule has 0 aliphatic heterocycles. The Morgan fingerprint density at radius 2 is 1.96 bits per heavy atom. The minimum atomic E-state index is -0.942. The number of primary amides is 1. The van der Waals surface area contributed by atoms with Crippen LogP contribution in [0.3, 0.4) is 0 Å². The Kier molecular flexibility index (Phi) is 5.59. The molecule has 1 heterocycles. The SMILES string of the molecule is Cc1cc(NC(=O)C2(NC(N)=O)CCCCC2)ccc1Oc1cccnc1. The van der Waals surface area contributed by atoms with Gasteiger partial charge in [0, 0.05) is 11.9 Å². The van der Waals surface area contributed by atoms with E-state index >= 15 is 0 Å². The van der Waals surface area contributed by atoms with Gasteiger partial charge in [0.15, 0.2) is 0 Å². The summed E-state index contributed by atoms with van der Waals surface area (Å²) in [6.45, 7) is 1.90. The molecular weight excluding hydrogens is 344 g/mol. The highest BCUT2D eigenvalue weighted by atomic mass is 16.5. The maximum Gasteiger partial charge on any atom is 0.313 e. The number of aryl methyl sites for hydroxylation is 1. The second-order valence-electron chi connectivity index (χ2n) is 6.86. The number of amides is 3. The predicted octanol–water partition coefficient (Wildman–Crippen LogP) is 3.49. The van der Waals surface area contributed by atoms with Gasteiger partial charge in [0.1, 0.15) is 17.0 Å². The quantitative estimate of drug-likeness (QED) is 0.751. The first-order chi connectivity index (χ1) is 13.0. The fourth-order valence-corrected chi connectivity index (χ4v) is 3.43. The van der Waals surface area contributed by atoms with E-state index in [1.54, 1.807) is 30.6 Å². The van der Waals surface area contributed by atoms with Crippen LogP contribution in [0.1, 0.15) is 37.7 Å². The molecule has 1 aliphatic carbocycles. The van der Waals surface area contributed by atoms with Crippen molar-refractivity contribution in [3.63, 3.8) is 0 Å². The number of urea groups is 1. The predicted molar refractivity (Wildman–Crippen MR) is 103 cm³/mol. The molecule has 0 spiro atoms. The molecule has 1 aliphatic rings. The number of ether oxygens (including phenoxy) is 1. The van der Waals surface area contributed by atoms with Crippen molar-refractivity contribution < 1.29 is 14.3 Å². The molecule has 2 aromatic rings. The Labute approximate surface area is 158 Å². The summed E-state index contributed by atoms with van der Waals surface area (Å²) >= 11 is 0. The van der Waals surface area contributed by atoms with Crippen molar-refractivity contribution in [3.8, 4) is 11.5 Å². The molecule has 0 bridgehead atoms. The first-order valence-electron chi connectivity index (χ1n) is 9.06. The van der Waals surface area contributed by atoms with Gasteiger partial charge >= 0.3 is 6.03 Å². The van der Waals surface area contributed by atoms with Crippen LogP contribution in [0.25, 0.3) is 0 Å². The van der Waals surface area contributed by atoms with Gasteiger partial charge in [-0.1, -0.05) is 19.3 Å². The number of anilines is 1. The number of nitrogens with one attached hydrogen (secondary N) is 2. The van der Waals surface area contributed by atoms with Gasteiger partial charge in [-0.3, -0.25) is 9.78 Å². The van der Waals surface area contributed by atoms with Crippen LogP contribution >= 0.6 is 0 Å². The number of nitrogens with zero attached hydrogens (tertiary/aromatic N) is 1. The minimum absolute atomic E-state index is 0.235. The maximum absolute atomic E-state index is 12.9. The fraction of sp³-hybridized carbons (Fsp3) is 0.350. The van der Waals surface area contributed by atoms with Gasteiger partial charge in [0.2, 0.25) is 5.91 Å². The van der Waals surface area contributed by atoms with Gasteiger partial charge in [0.05, 0.1) is 6.20 Å². The molecule has 142 valence electrons. The highest BCUT2D eigenvalue weighted by molar-refractivity contribution is 6.00. The van der Waals surface area contributed by atoms with Crippen molar-refractivity contribution >= 4 is 17.6 Å². The number of benzene rings is 1. The summed E-state index contributed by atoms with van der Waals surface area (Å²) in [5.41, 5.74) is 5.88. The lowest BCUT2D eigenvalue weighted by Crippen LogP contribution is -2.59. The summed E-state index contributed by atoms with van der Waals surface area (Å²) in [5.74, 6) is 1.09. The third-order valence-corrected chi connectivity index (χ3v) is 4.80. The van der Waals surface area contributed by atoms with Crippen molar-refractivity contribution in [2.75, 3.05) is 5.32 Å². The van der Waals surface area contributed by atoms with Crippen molar-refractivity contribution in [2.45, 2.75) is 44.6 Å². The number of hydrogen-bond acceptors (Lipinski definition) is 4. The van der Waals surface area contributed by atoms with E-state index in [1.165, 1.54) is 0 Å². The number of rotatable bonds is 5. The van der Waals surface area contributed by atoms with Crippen molar-refractivity contribution in [3.05, 3.63) is 48.3 Å². The number of carbonyl (C=O) groups excluding carboxylic acids is 2. The molecular formula is C20H24N4O3. The third kappa shape index (κ3) is 4.55. The van der Waals surface area contributed by atoms with Gasteiger partial charge in [0.25, 0.3) is 0 Å². The highest BCUT2D eigenvalue weighted by Gasteiger charge is 2.40. The van der Waals surface area contributed by atoms with Gasteiger partial charge in [-0.2, -0.15) is 0 Å². The summed E-state index contributed by atoms with van der Waals surface area (Å²) < 4.78 is 5.81. The largest absolute Gasteiger partial charge is 0.455 e. The normalized spacial score (nSPS) is 15.6.